The molecule has 0 aliphatic heterocycles. The van der Waals surface area contributed by atoms with Gasteiger partial charge in [0.05, 0.1) is 11.3 Å². The molecule has 0 spiro atoms. The van der Waals surface area contributed by atoms with Crippen molar-refractivity contribution in [2.45, 2.75) is 32.8 Å². The summed E-state index contributed by atoms with van der Waals surface area (Å²) in [7, 11) is 0. The Balaban J connectivity index is 2.03. The first kappa shape index (κ1) is 14.3. The molecule has 0 N–H and O–H groups in total. The summed E-state index contributed by atoms with van der Waals surface area (Å²) >= 11 is 0. The Morgan fingerprint density at radius 3 is 2.40 bits per heavy atom. The van der Waals surface area contributed by atoms with Crippen LogP contribution in [-0.4, -0.2) is 11.0 Å². The molecule has 2 aromatic rings. The molecule has 0 atom stereocenters. The average Bonchev–Trinajstić information content (AvgIpc) is 2.45. The standard InChI is InChI=1S/C17H19NO2/c1-17(2,3)15-11-7-10-14(18-15)12-20-16(19)13-8-5-4-6-9-13/h4-11H,12H2,1-3H3. The molecule has 0 aliphatic carbocycles. The highest BCUT2D eigenvalue weighted by Gasteiger charge is 2.15. The van der Waals surface area contributed by atoms with Crippen LogP contribution in [0.4, 0.5) is 0 Å². The number of hydrogen-bond donors (Lipinski definition) is 0. The van der Waals surface area contributed by atoms with Crippen molar-refractivity contribution < 1.29 is 9.53 Å². The second-order valence-corrected chi connectivity index (χ2v) is 5.71. The molecule has 0 aliphatic rings. The molecule has 1 heterocycles. The lowest BCUT2D eigenvalue weighted by Gasteiger charge is -2.18. The Morgan fingerprint density at radius 2 is 1.75 bits per heavy atom. The minimum absolute atomic E-state index is 0.0144. The Hall–Kier alpha value is -2.16. The SMILES string of the molecule is CC(C)(C)c1cccc(COC(=O)c2ccccc2)n1. The maximum absolute atomic E-state index is 11.8. The minimum Gasteiger partial charge on any atom is -0.456 e. The number of esters is 1. The number of ether oxygens (including phenoxy) is 1. The first-order valence-electron chi connectivity index (χ1n) is 6.65. The third kappa shape index (κ3) is 3.67. The largest absolute Gasteiger partial charge is 0.456 e. The first-order chi connectivity index (χ1) is 9.47. The van der Waals surface area contributed by atoms with Gasteiger partial charge in [-0.15, -0.1) is 0 Å². The molecular weight excluding hydrogens is 250 g/mol. The molecule has 1 aromatic carbocycles. The lowest BCUT2D eigenvalue weighted by Crippen LogP contribution is -2.15. The van der Waals surface area contributed by atoms with Crippen molar-refractivity contribution in [2.24, 2.45) is 0 Å². The van der Waals surface area contributed by atoms with Crippen molar-refractivity contribution in [1.82, 2.24) is 4.98 Å². The second-order valence-electron chi connectivity index (χ2n) is 5.71. The summed E-state index contributed by atoms with van der Waals surface area (Å²) in [5.74, 6) is -0.325. The highest BCUT2D eigenvalue weighted by atomic mass is 16.5. The van der Waals surface area contributed by atoms with E-state index in [2.05, 4.69) is 25.8 Å². The van der Waals surface area contributed by atoms with Crippen LogP contribution < -0.4 is 0 Å². The van der Waals surface area contributed by atoms with Gasteiger partial charge in [0.1, 0.15) is 6.61 Å². The summed E-state index contributed by atoms with van der Waals surface area (Å²) in [6.07, 6.45) is 0. The number of carbonyl (C=O) groups excluding carboxylic acids is 1. The van der Waals surface area contributed by atoms with Crippen molar-refractivity contribution >= 4 is 5.97 Å². The van der Waals surface area contributed by atoms with Gasteiger partial charge in [-0.1, -0.05) is 45.0 Å². The molecular formula is C17H19NO2. The summed E-state index contributed by atoms with van der Waals surface area (Å²) in [4.78, 5) is 16.4. The molecule has 3 nitrogen and oxygen atoms in total. The predicted octanol–water partition coefficient (Wildman–Crippen LogP) is 3.74. The number of rotatable bonds is 3. The molecule has 0 bridgehead atoms. The van der Waals surface area contributed by atoms with E-state index >= 15 is 0 Å². The van der Waals surface area contributed by atoms with E-state index in [0.717, 1.165) is 11.4 Å². The Kier molecular flexibility index (Phi) is 4.18. The molecule has 3 heteroatoms. The number of nitrogens with zero attached hydrogens (tertiary/aromatic N) is 1. The van der Waals surface area contributed by atoms with E-state index in [9.17, 15) is 4.79 Å². The maximum Gasteiger partial charge on any atom is 0.338 e. The summed E-state index contributed by atoms with van der Waals surface area (Å²) < 4.78 is 5.28. The predicted molar refractivity (Wildman–Crippen MR) is 78.5 cm³/mol. The topological polar surface area (TPSA) is 39.2 Å². The monoisotopic (exact) mass is 269 g/mol. The van der Waals surface area contributed by atoms with Gasteiger partial charge in [-0.2, -0.15) is 0 Å². The van der Waals surface area contributed by atoms with Gasteiger partial charge in [-0.3, -0.25) is 4.98 Å². The fourth-order valence-corrected chi connectivity index (χ4v) is 1.77. The number of benzene rings is 1. The van der Waals surface area contributed by atoms with E-state index < -0.39 is 0 Å². The molecule has 0 fully saturated rings. The Bertz CT molecular complexity index is 585. The molecule has 0 saturated heterocycles. The van der Waals surface area contributed by atoms with Crippen molar-refractivity contribution in [3.63, 3.8) is 0 Å². The molecule has 20 heavy (non-hydrogen) atoms. The van der Waals surface area contributed by atoms with E-state index in [0.29, 0.717) is 5.56 Å². The van der Waals surface area contributed by atoms with Gasteiger partial charge in [-0.25, -0.2) is 4.79 Å². The first-order valence-corrected chi connectivity index (χ1v) is 6.65. The zero-order valence-electron chi connectivity index (χ0n) is 12.1. The highest BCUT2D eigenvalue weighted by Crippen LogP contribution is 2.20. The molecule has 0 saturated carbocycles. The van der Waals surface area contributed by atoms with Crippen LogP contribution in [0.3, 0.4) is 0 Å². The third-order valence-corrected chi connectivity index (χ3v) is 2.94. The van der Waals surface area contributed by atoms with Crippen molar-refractivity contribution in [2.75, 3.05) is 0 Å². The molecule has 0 amide bonds. The summed E-state index contributed by atoms with van der Waals surface area (Å²) in [6, 6.07) is 14.8. The van der Waals surface area contributed by atoms with Crippen LogP contribution in [0, 0.1) is 0 Å². The third-order valence-electron chi connectivity index (χ3n) is 2.94. The van der Waals surface area contributed by atoms with E-state index in [1.165, 1.54) is 0 Å². The highest BCUT2D eigenvalue weighted by molar-refractivity contribution is 5.89. The molecule has 0 radical (unpaired) electrons. The van der Waals surface area contributed by atoms with Crippen LogP contribution in [0.5, 0.6) is 0 Å². The molecule has 2 rings (SSSR count). The zero-order valence-corrected chi connectivity index (χ0v) is 12.1. The normalized spacial score (nSPS) is 11.2. The van der Waals surface area contributed by atoms with E-state index in [1.807, 2.05) is 36.4 Å². The van der Waals surface area contributed by atoms with Crippen LogP contribution >= 0.6 is 0 Å². The van der Waals surface area contributed by atoms with Crippen LogP contribution in [0.25, 0.3) is 0 Å². The van der Waals surface area contributed by atoms with Crippen LogP contribution in [0.15, 0.2) is 48.5 Å². The van der Waals surface area contributed by atoms with Gasteiger partial charge in [0, 0.05) is 11.1 Å². The van der Waals surface area contributed by atoms with Crippen molar-refractivity contribution in [1.29, 1.82) is 0 Å². The van der Waals surface area contributed by atoms with Gasteiger partial charge in [-0.05, 0) is 24.3 Å². The van der Waals surface area contributed by atoms with Gasteiger partial charge in [0.15, 0.2) is 0 Å². The molecule has 0 unspecified atom stereocenters. The van der Waals surface area contributed by atoms with Gasteiger partial charge in [0.25, 0.3) is 0 Å². The molecule has 1 aromatic heterocycles. The van der Waals surface area contributed by atoms with Crippen LogP contribution in [0.1, 0.15) is 42.5 Å². The minimum atomic E-state index is -0.325. The number of carbonyl (C=O) groups is 1. The number of pyridine rings is 1. The van der Waals surface area contributed by atoms with E-state index in [-0.39, 0.29) is 18.0 Å². The number of aromatic nitrogens is 1. The van der Waals surface area contributed by atoms with Crippen molar-refractivity contribution in [3.05, 3.63) is 65.5 Å². The van der Waals surface area contributed by atoms with E-state index in [1.54, 1.807) is 12.1 Å². The summed E-state index contributed by atoms with van der Waals surface area (Å²) in [5, 5.41) is 0. The van der Waals surface area contributed by atoms with E-state index in [4.69, 9.17) is 4.74 Å². The Morgan fingerprint density at radius 1 is 1.05 bits per heavy atom. The smallest absolute Gasteiger partial charge is 0.338 e. The fourth-order valence-electron chi connectivity index (χ4n) is 1.77. The van der Waals surface area contributed by atoms with Crippen LogP contribution in [0.2, 0.25) is 0 Å². The Labute approximate surface area is 119 Å². The lowest BCUT2D eigenvalue weighted by atomic mass is 9.91. The fraction of sp³-hybridized carbons (Fsp3) is 0.294. The van der Waals surface area contributed by atoms with Crippen molar-refractivity contribution in [3.8, 4) is 0 Å². The van der Waals surface area contributed by atoms with Gasteiger partial charge in [0.2, 0.25) is 0 Å². The number of hydrogen-bond acceptors (Lipinski definition) is 3. The quantitative estimate of drug-likeness (QED) is 0.797. The maximum atomic E-state index is 11.8. The summed E-state index contributed by atoms with van der Waals surface area (Å²) in [6.45, 7) is 6.51. The zero-order chi connectivity index (χ0) is 14.6. The van der Waals surface area contributed by atoms with Gasteiger partial charge < -0.3 is 4.74 Å². The average molecular weight is 269 g/mol. The van der Waals surface area contributed by atoms with Crippen LogP contribution in [-0.2, 0) is 16.8 Å². The summed E-state index contributed by atoms with van der Waals surface area (Å²) in [5.41, 5.74) is 2.30. The molecule has 104 valence electrons. The lowest BCUT2D eigenvalue weighted by molar-refractivity contribution is 0.0467. The van der Waals surface area contributed by atoms with Gasteiger partial charge >= 0.3 is 5.97 Å². The second kappa shape index (κ2) is 5.87.